The summed E-state index contributed by atoms with van der Waals surface area (Å²) in [5.41, 5.74) is 6.89. The van der Waals surface area contributed by atoms with E-state index in [0.717, 1.165) is 12.8 Å². The Morgan fingerprint density at radius 2 is 1.71 bits per heavy atom. The summed E-state index contributed by atoms with van der Waals surface area (Å²) >= 11 is 0. The van der Waals surface area contributed by atoms with Gasteiger partial charge in [0.2, 0.25) is 5.91 Å². The van der Waals surface area contributed by atoms with E-state index in [1.54, 1.807) is 25.3 Å². The molecular weight excluding hydrogens is 482 g/mol. The molecule has 0 aliphatic carbocycles. The van der Waals surface area contributed by atoms with Gasteiger partial charge in [-0.1, -0.05) is 59.2 Å². The summed E-state index contributed by atoms with van der Waals surface area (Å²) in [6.45, 7) is 12.1. The molecule has 1 aromatic carbocycles. The van der Waals surface area contributed by atoms with Crippen LogP contribution in [0.1, 0.15) is 70.7 Å². The van der Waals surface area contributed by atoms with Gasteiger partial charge in [-0.2, -0.15) is 0 Å². The van der Waals surface area contributed by atoms with E-state index in [-0.39, 0.29) is 35.5 Å². The lowest BCUT2D eigenvalue weighted by Crippen LogP contribution is -2.44. The molecule has 0 saturated carbocycles. The number of para-hydroxylation sites is 1. The monoisotopic (exact) mass is 533 g/mol. The second-order valence-corrected chi connectivity index (χ2v) is 10.6. The molecule has 5 N–H and O–H groups in total. The number of rotatable bonds is 19. The van der Waals surface area contributed by atoms with Crippen molar-refractivity contribution < 1.29 is 24.2 Å². The second kappa shape index (κ2) is 18.8. The van der Waals surface area contributed by atoms with Crippen LogP contribution in [0.2, 0.25) is 0 Å². The predicted molar refractivity (Wildman–Crippen MR) is 153 cm³/mol. The lowest BCUT2D eigenvalue weighted by molar-refractivity contribution is -0.127. The molecule has 0 fully saturated rings. The minimum Gasteiger partial charge on any atom is -0.489 e. The summed E-state index contributed by atoms with van der Waals surface area (Å²) in [6, 6.07) is 6.64. The zero-order chi connectivity index (χ0) is 28.5. The number of amides is 2. The van der Waals surface area contributed by atoms with Crippen molar-refractivity contribution in [3.05, 3.63) is 42.0 Å². The number of carbonyl (C=O) groups is 2. The summed E-state index contributed by atoms with van der Waals surface area (Å²) < 4.78 is 10.8. The number of aliphatic hydroxyl groups is 1. The van der Waals surface area contributed by atoms with Crippen LogP contribution in [0.25, 0.3) is 0 Å². The van der Waals surface area contributed by atoms with Crippen LogP contribution in [0.15, 0.2) is 36.4 Å². The molecule has 0 heterocycles. The maximum Gasteiger partial charge on any atom is 0.255 e. The van der Waals surface area contributed by atoms with E-state index in [0.29, 0.717) is 50.5 Å². The molecule has 8 nitrogen and oxygen atoms in total. The molecule has 0 aliphatic rings. The molecule has 0 unspecified atom stereocenters. The number of nitrogens with two attached hydrogens (primary N) is 1. The van der Waals surface area contributed by atoms with Crippen LogP contribution in [-0.4, -0.2) is 62.5 Å². The second-order valence-electron chi connectivity index (χ2n) is 10.6. The Kier molecular flexibility index (Phi) is 16.6. The van der Waals surface area contributed by atoms with Crippen molar-refractivity contribution in [1.82, 2.24) is 10.6 Å². The Morgan fingerprint density at radius 3 is 2.34 bits per heavy atom. The zero-order valence-electron chi connectivity index (χ0n) is 24.2. The molecule has 38 heavy (non-hydrogen) atoms. The Bertz CT molecular complexity index is 843. The third-order valence-electron chi connectivity index (χ3n) is 6.90. The number of benzene rings is 1. The van der Waals surface area contributed by atoms with Gasteiger partial charge in [0.25, 0.3) is 5.91 Å². The highest BCUT2D eigenvalue weighted by atomic mass is 16.5. The highest BCUT2D eigenvalue weighted by molar-refractivity contribution is 5.96. The number of hydrogen-bond acceptors (Lipinski definition) is 6. The van der Waals surface area contributed by atoms with Gasteiger partial charge < -0.3 is 30.9 Å². The van der Waals surface area contributed by atoms with Crippen molar-refractivity contribution in [2.24, 2.45) is 29.4 Å². The largest absolute Gasteiger partial charge is 0.489 e. The molecule has 0 aromatic heterocycles. The van der Waals surface area contributed by atoms with Crippen molar-refractivity contribution in [2.45, 2.75) is 72.4 Å². The van der Waals surface area contributed by atoms with E-state index >= 15 is 0 Å². The average Bonchev–Trinajstić information content (AvgIpc) is 2.88. The predicted octanol–water partition coefficient (Wildman–Crippen LogP) is 3.93. The van der Waals surface area contributed by atoms with Crippen LogP contribution in [0.5, 0.6) is 5.75 Å². The molecule has 0 bridgehead atoms. The molecule has 0 spiro atoms. The third-order valence-corrected chi connectivity index (χ3v) is 6.90. The average molecular weight is 534 g/mol. The van der Waals surface area contributed by atoms with Gasteiger partial charge in [0.05, 0.1) is 18.3 Å². The minimum absolute atomic E-state index is 0.0255. The molecule has 1 aromatic rings. The van der Waals surface area contributed by atoms with Gasteiger partial charge in [0.1, 0.15) is 12.4 Å². The van der Waals surface area contributed by atoms with E-state index in [9.17, 15) is 14.7 Å². The number of carbonyl (C=O) groups excluding carboxylic acids is 2. The molecule has 1 rings (SSSR count). The van der Waals surface area contributed by atoms with Gasteiger partial charge in [-0.25, -0.2) is 0 Å². The van der Waals surface area contributed by atoms with Crippen molar-refractivity contribution in [3.8, 4) is 5.75 Å². The zero-order valence-corrected chi connectivity index (χ0v) is 24.2. The summed E-state index contributed by atoms with van der Waals surface area (Å²) in [5.74, 6) is 0.362. The first kappa shape index (κ1) is 33.6. The molecule has 216 valence electrons. The van der Waals surface area contributed by atoms with E-state index in [2.05, 4.69) is 31.4 Å². The smallest absolute Gasteiger partial charge is 0.255 e. The standard InChI is InChI=1S/C30H51N3O5/c1-7-8-15-32-30(36)25(22(4)5)19-27(34)26(31)18-23(21(2)3)20-33-29(35)24-13-9-10-14-28(24)38-17-12-11-16-37-6/h9-14,21-23,25-27,34H,7-8,15-20,31H2,1-6H3,(H,32,36)(H,33,35)/t23-,25+,26+,27+/m1/s1. The highest BCUT2D eigenvalue weighted by Crippen LogP contribution is 2.24. The van der Waals surface area contributed by atoms with Crippen LogP contribution in [-0.2, 0) is 9.53 Å². The first-order valence-electron chi connectivity index (χ1n) is 14.0. The normalized spacial score (nSPS) is 14.9. The number of ether oxygens (including phenoxy) is 2. The summed E-state index contributed by atoms with van der Waals surface area (Å²) in [4.78, 5) is 25.7. The van der Waals surface area contributed by atoms with Gasteiger partial charge in [0.15, 0.2) is 0 Å². The lowest BCUT2D eigenvalue weighted by atomic mass is 9.83. The van der Waals surface area contributed by atoms with Crippen LogP contribution < -0.4 is 21.1 Å². The lowest BCUT2D eigenvalue weighted by Gasteiger charge is -2.30. The molecule has 0 saturated heterocycles. The summed E-state index contributed by atoms with van der Waals surface area (Å²) in [7, 11) is 1.62. The number of unbranched alkanes of at least 4 members (excludes halogenated alkanes) is 1. The van der Waals surface area contributed by atoms with E-state index in [4.69, 9.17) is 15.2 Å². The summed E-state index contributed by atoms with van der Waals surface area (Å²) in [5, 5.41) is 16.9. The Hall–Kier alpha value is -2.42. The molecule has 8 heteroatoms. The van der Waals surface area contributed by atoms with Crippen LogP contribution in [0, 0.1) is 23.7 Å². The van der Waals surface area contributed by atoms with Gasteiger partial charge in [0, 0.05) is 32.2 Å². The van der Waals surface area contributed by atoms with E-state index < -0.39 is 12.1 Å². The number of methoxy groups -OCH3 is 1. The molecule has 0 aliphatic heterocycles. The topological polar surface area (TPSA) is 123 Å². The van der Waals surface area contributed by atoms with Crippen molar-refractivity contribution in [2.75, 3.05) is 33.4 Å². The van der Waals surface area contributed by atoms with E-state index in [1.807, 2.05) is 32.1 Å². The van der Waals surface area contributed by atoms with E-state index in [1.165, 1.54) is 0 Å². The van der Waals surface area contributed by atoms with Gasteiger partial charge in [-0.3, -0.25) is 9.59 Å². The molecule has 2 amide bonds. The fourth-order valence-corrected chi connectivity index (χ4v) is 4.20. The van der Waals surface area contributed by atoms with Crippen molar-refractivity contribution in [1.29, 1.82) is 0 Å². The van der Waals surface area contributed by atoms with Crippen molar-refractivity contribution >= 4 is 11.8 Å². The number of aliphatic hydroxyl groups excluding tert-OH is 1. The fourth-order valence-electron chi connectivity index (χ4n) is 4.20. The maximum absolute atomic E-state index is 13.0. The Balaban J connectivity index is 2.73. The quantitative estimate of drug-likeness (QED) is 0.158. The first-order valence-corrected chi connectivity index (χ1v) is 14.0. The maximum atomic E-state index is 13.0. The Labute approximate surface area is 229 Å². The minimum atomic E-state index is -0.809. The third kappa shape index (κ3) is 12.4. The fraction of sp³-hybridized carbons (Fsp3) is 0.667. The van der Waals surface area contributed by atoms with Crippen LogP contribution in [0.4, 0.5) is 0 Å². The molecule has 0 radical (unpaired) electrons. The van der Waals surface area contributed by atoms with Gasteiger partial charge in [-0.15, -0.1) is 0 Å². The van der Waals surface area contributed by atoms with Crippen molar-refractivity contribution in [3.63, 3.8) is 0 Å². The molecule has 4 atom stereocenters. The van der Waals surface area contributed by atoms with Gasteiger partial charge in [-0.05, 0) is 55.2 Å². The highest BCUT2D eigenvalue weighted by Gasteiger charge is 2.29. The number of hydrogen-bond donors (Lipinski definition) is 4. The van der Waals surface area contributed by atoms with Crippen LogP contribution in [0.3, 0.4) is 0 Å². The summed E-state index contributed by atoms with van der Waals surface area (Å²) in [6.07, 6.45) is 5.69. The van der Waals surface area contributed by atoms with Crippen LogP contribution >= 0.6 is 0 Å². The SMILES string of the molecule is CCCCNC(=O)[C@@H](C[C@H](O)[C@@H](N)C[C@H](CNC(=O)c1ccccc1OCC=CCOC)C(C)C)C(C)C. The first-order chi connectivity index (χ1) is 18.1. The van der Waals surface area contributed by atoms with Gasteiger partial charge >= 0.3 is 0 Å². The molecular formula is C30H51N3O5. The number of nitrogens with one attached hydrogen (secondary N) is 2. The Morgan fingerprint density at radius 1 is 1.03 bits per heavy atom.